The lowest BCUT2D eigenvalue weighted by atomic mass is 10.1. The van der Waals surface area contributed by atoms with Crippen LogP contribution in [0.15, 0.2) is 17.0 Å². The van der Waals surface area contributed by atoms with Crippen molar-refractivity contribution in [1.82, 2.24) is 10.3 Å². The number of nitrogens with zero attached hydrogens (tertiary/aromatic N) is 1. The molecule has 64 valence electrons. The van der Waals surface area contributed by atoms with E-state index in [0.29, 0.717) is 0 Å². The third-order valence-corrected chi connectivity index (χ3v) is 2.46. The first-order valence-corrected chi connectivity index (χ1v) is 4.86. The number of nitrogens with two attached hydrogens (primary N) is 1. The highest BCUT2D eigenvalue weighted by atomic mass is 32.1. The molecule has 0 radical (unpaired) electrons. The first-order valence-electron chi connectivity index (χ1n) is 3.92. The quantitative estimate of drug-likeness (QED) is 0.661. The van der Waals surface area contributed by atoms with Crippen LogP contribution in [0.4, 0.5) is 0 Å². The molecule has 0 saturated heterocycles. The smallest absolute Gasteiger partial charge is 0.0798 e. The van der Waals surface area contributed by atoms with E-state index in [1.54, 1.807) is 11.3 Å². The summed E-state index contributed by atoms with van der Waals surface area (Å²) in [5, 5.41) is 5.29. The standard InChI is InChI=1S/C8H11N3S/c9-7-1-6(2-10-3-7)8-4-12-5-11-8/h1,4-5,7,10H,2-3,9H2. The van der Waals surface area contributed by atoms with E-state index in [1.807, 2.05) is 10.9 Å². The van der Waals surface area contributed by atoms with E-state index in [4.69, 9.17) is 5.73 Å². The van der Waals surface area contributed by atoms with E-state index in [2.05, 4.69) is 16.4 Å². The summed E-state index contributed by atoms with van der Waals surface area (Å²) in [6.45, 7) is 1.76. The van der Waals surface area contributed by atoms with Gasteiger partial charge in [-0.15, -0.1) is 11.3 Å². The summed E-state index contributed by atoms with van der Waals surface area (Å²) < 4.78 is 0. The molecule has 1 unspecified atom stereocenters. The predicted octanol–water partition coefficient (Wildman–Crippen LogP) is 0.457. The van der Waals surface area contributed by atoms with Gasteiger partial charge in [0.05, 0.1) is 11.2 Å². The van der Waals surface area contributed by atoms with E-state index in [-0.39, 0.29) is 6.04 Å². The number of thiazole rings is 1. The fourth-order valence-corrected chi connectivity index (χ4v) is 1.87. The van der Waals surface area contributed by atoms with Crippen molar-refractivity contribution < 1.29 is 0 Å². The third kappa shape index (κ3) is 1.55. The van der Waals surface area contributed by atoms with Crippen LogP contribution in [0.25, 0.3) is 5.57 Å². The minimum atomic E-state index is 0.135. The number of nitrogens with one attached hydrogen (secondary N) is 1. The van der Waals surface area contributed by atoms with Crippen molar-refractivity contribution >= 4 is 16.9 Å². The molecule has 1 atom stereocenters. The van der Waals surface area contributed by atoms with E-state index in [0.717, 1.165) is 18.8 Å². The van der Waals surface area contributed by atoms with Crippen molar-refractivity contribution in [3.63, 3.8) is 0 Å². The molecule has 0 fully saturated rings. The van der Waals surface area contributed by atoms with Crippen LogP contribution in [0.1, 0.15) is 5.69 Å². The summed E-state index contributed by atoms with van der Waals surface area (Å²) in [5.74, 6) is 0. The van der Waals surface area contributed by atoms with Crippen LogP contribution >= 0.6 is 11.3 Å². The molecule has 0 spiro atoms. The maximum absolute atomic E-state index is 5.77. The molecule has 3 nitrogen and oxygen atoms in total. The fourth-order valence-electron chi connectivity index (χ4n) is 1.30. The van der Waals surface area contributed by atoms with Gasteiger partial charge in [-0.3, -0.25) is 0 Å². The molecule has 0 amide bonds. The molecule has 0 aromatic carbocycles. The summed E-state index contributed by atoms with van der Waals surface area (Å²) in [5.41, 5.74) is 9.89. The van der Waals surface area contributed by atoms with Crippen molar-refractivity contribution in [2.24, 2.45) is 5.73 Å². The molecule has 0 saturated carbocycles. The van der Waals surface area contributed by atoms with Gasteiger partial charge in [-0.1, -0.05) is 6.08 Å². The largest absolute Gasteiger partial charge is 0.323 e. The summed E-state index contributed by atoms with van der Waals surface area (Å²) in [6, 6.07) is 0.135. The highest BCUT2D eigenvalue weighted by molar-refractivity contribution is 7.07. The molecule has 1 aromatic rings. The maximum atomic E-state index is 5.77. The first-order chi connectivity index (χ1) is 5.86. The Balaban J connectivity index is 2.23. The molecular weight excluding hydrogens is 170 g/mol. The second-order valence-corrected chi connectivity index (χ2v) is 3.58. The average Bonchev–Trinajstić information content (AvgIpc) is 2.56. The normalized spacial score (nSPS) is 23.8. The molecule has 1 aliphatic rings. The molecule has 3 N–H and O–H groups in total. The van der Waals surface area contributed by atoms with E-state index in [9.17, 15) is 0 Å². The van der Waals surface area contributed by atoms with Gasteiger partial charge in [0.2, 0.25) is 0 Å². The lowest BCUT2D eigenvalue weighted by Gasteiger charge is -2.17. The Bertz CT molecular complexity index is 279. The van der Waals surface area contributed by atoms with Crippen molar-refractivity contribution in [2.75, 3.05) is 13.1 Å². The number of hydrogen-bond donors (Lipinski definition) is 2. The van der Waals surface area contributed by atoms with Gasteiger partial charge in [0.1, 0.15) is 0 Å². The molecule has 1 aliphatic heterocycles. The zero-order valence-electron chi connectivity index (χ0n) is 6.66. The van der Waals surface area contributed by atoms with Gasteiger partial charge in [-0.25, -0.2) is 4.98 Å². The lowest BCUT2D eigenvalue weighted by molar-refractivity contribution is 0.662. The SMILES string of the molecule is NC1C=C(c2cscn2)CNC1. The molecule has 2 heterocycles. The lowest BCUT2D eigenvalue weighted by Crippen LogP contribution is -2.37. The van der Waals surface area contributed by atoms with Crippen LogP contribution in [0.3, 0.4) is 0 Å². The van der Waals surface area contributed by atoms with Gasteiger partial charge in [-0.2, -0.15) is 0 Å². The summed E-state index contributed by atoms with van der Waals surface area (Å²) in [7, 11) is 0. The highest BCUT2D eigenvalue weighted by Crippen LogP contribution is 2.15. The van der Waals surface area contributed by atoms with E-state index in [1.165, 1.54) is 5.57 Å². The monoisotopic (exact) mass is 181 g/mol. The van der Waals surface area contributed by atoms with Crippen LogP contribution < -0.4 is 11.1 Å². The van der Waals surface area contributed by atoms with Crippen LogP contribution in [0.5, 0.6) is 0 Å². The topological polar surface area (TPSA) is 50.9 Å². The van der Waals surface area contributed by atoms with Crippen LogP contribution in [-0.4, -0.2) is 24.1 Å². The predicted molar refractivity (Wildman–Crippen MR) is 50.9 cm³/mol. The number of rotatable bonds is 1. The van der Waals surface area contributed by atoms with Gasteiger partial charge in [0, 0.05) is 24.5 Å². The Labute approximate surface area is 75.3 Å². The Morgan fingerprint density at radius 2 is 2.58 bits per heavy atom. The van der Waals surface area contributed by atoms with Crippen molar-refractivity contribution in [2.45, 2.75) is 6.04 Å². The summed E-state index contributed by atoms with van der Waals surface area (Å²) >= 11 is 1.61. The zero-order chi connectivity index (χ0) is 8.39. The van der Waals surface area contributed by atoms with Crippen molar-refractivity contribution in [3.05, 3.63) is 22.7 Å². The second-order valence-electron chi connectivity index (χ2n) is 2.86. The molecule has 1 aromatic heterocycles. The van der Waals surface area contributed by atoms with Crippen molar-refractivity contribution in [1.29, 1.82) is 0 Å². The summed E-state index contributed by atoms with van der Waals surface area (Å²) in [6.07, 6.45) is 2.09. The van der Waals surface area contributed by atoms with Gasteiger partial charge >= 0.3 is 0 Å². The minimum absolute atomic E-state index is 0.135. The molecule has 4 heteroatoms. The van der Waals surface area contributed by atoms with Crippen LogP contribution in [0.2, 0.25) is 0 Å². The minimum Gasteiger partial charge on any atom is -0.323 e. The summed E-state index contributed by atoms with van der Waals surface area (Å²) in [4.78, 5) is 4.23. The van der Waals surface area contributed by atoms with Crippen LogP contribution in [-0.2, 0) is 0 Å². The molecule has 2 rings (SSSR count). The second kappa shape index (κ2) is 3.35. The van der Waals surface area contributed by atoms with Gasteiger partial charge in [0.15, 0.2) is 0 Å². The average molecular weight is 181 g/mol. The molecule has 0 bridgehead atoms. The maximum Gasteiger partial charge on any atom is 0.0798 e. The zero-order valence-corrected chi connectivity index (χ0v) is 7.47. The Kier molecular flexibility index (Phi) is 2.21. The van der Waals surface area contributed by atoms with Gasteiger partial charge in [-0.05, 0) is 5.57 Å². The number of hydrogen-bond acceptors (Lipinski definition) is 4. The number of aromatic nitrogens is 1. The third-order valence-electron chi connectivity index (χ3n) is 1.87. The Morgan fingerprint density at radius 1 is 1.67 bits per heavy atom. The van der Waals surface area contributed by atoms with Crippen molar-refractivity contribution in [3.8, 4) is 0 Å². The fraction of sp³-hybridized carbons (Fsp3) is 0.375. The Morgan fingerprint density at radius 3 is 3.25 bits per heavy atom. The molecular formula is C8H11N3S. The first kappa shape index (κ1) is 7.91. The molecule has 12 heavy (non-hydrogen) atoms. The van der Waals surface area contributed by atoms with Gasteiger partial charge < -0.3 is 11.1 Å². The van der Waals surface area contributed by atoms with E-state index < -0.39 is 0 Å². The van der Waals surface area contributed by atoms with Gasteiger partial charge in [0.25, 0.3) is 0 Å². The Hall–Kier alpha value is -0.710. The van der Waals surface area contributed by atoms with E-state index >= 15 is 0 Å². The molecule has 0 aliphatic carbocycles. The highest BCUT2D eigenvalue weighted by Gasteiger charge is 2.11. The van der Waals surface area contributed by atoms with Crippen LogP contribution in [0, 0.1) is 0 Å².